The highest BCUT2D eigenvalue weighted by molar-refractivity contribution is 5.81. The predicted molar refractivity (Wildman–Crippen MR) is 107 cm³/mol. The number of hydrogen-bond acceptors (Lipinski definition) is 3. The Kier molecular flexibility index (Phi) is 4.56. The van der Waals surface area contributed by atoms with Crippen LogP contribution in [-0.4, -0.2) is 15.9 Å². The summed E-state index contributed by atoms with van der Waals surface area (Å²) in [6.07, 6.45) is 3.78. The Bertz CT molecular complexity index is 990. The third kappa shape index (κ3) is 3.70. The first kappa shape index (κ1) is 15.8. The van der Waals surface area contributed by atoms with Gasteiger partial charge in [-0.05, 0) is 17.7 Å². The van der Waals surface area contributed by atoms with Crippen molar-refractivity contribution in [3.63, 3.8) is 0 Å². The Morgan fingerprint density at radius 2 is 1.38 bits per heavy atom. The fraction of sp³-hybridized carbons (Fsp3) is 0. The monoisotopic (exact) mass is 338 g/mol. The summed E-state index contributed by atoms with van der Waals surface area (Å²) in [5, 5.41) is 0. The first-order valence-electron chi connectivity index (χ1n) is 8.44. The maximum atomic E-state index is 4.69. The molecule has 1 N–H and O–H groups in total. The van der Waals surface area contributed by atoms with E-state index < -0.39 is 0 Å². The van der Waals surface area contributed by atoms with Gasteiger partial charge < -0.3 is 0 Å². The lowest BCUT2D eigenvalue weighted by atomic mass is 10.2. The van der Waals surface area contributed by atoms with Crippen LogP contribution in [0.1, 0.15) is 5.56 Å². The predicted octanol–water partition coefficient (Wildman–Crippen LogP) is 5.18. The summed E-state index contributed by atoms with van der Waals surface area (Å²) in [5.41, 5.74) is 7.27. The van der Waals surface area contributed by atoms with Crippen molar-refractivity contribution in [3.05, 3.63) is 103 Å². The zero-order valence-corrected chi connectivity index (χ0v) is 14.2. The standard InChI is InChI=1S/C22H18N4/c1-4-10-18(11-5-1)16-23-22-24-21(19-12-6-2-7-13-19)17-26(22)25-20-14-8-3-9-15-20/h1-17,25H. The van der Waals surface area contributed by atoms with Crippen LogP contribution in [-0.2, 0) is 0 Å². The van der Waals surface area contributed by atoms with Crippen molar-refractivity contribution >= 4 is 17.9 Å². The van der Waals surface area contributed by atoms with Gasteiger partial charge in [-0.25, -0.2) is 14.7 Å². The zero-order chi connectivity index (χ0) is 17.6. The number of imidazole rings is 1. The highest BCUT2D eigenvalue weighted by atomic mass is 15.5. The molecule has 126 valence electrons. The minimum absolute atomic E-state index is 0.594. The summed E-state index contributed by atoms with van der Waals surface area (Å²) in [6, 6.07) is 30.1. The van der Waals surface area contributed by atoms with Gasteiger partial charge in [0.2, 0.25) is 5.95 Å². The van der Waals surface area contributed by atoms with Crippen LogP contribution in [0, 0.1) is 0 Å². The normalized spacial score (nSPS) is 10.9. The summed E-state index contributed by atoms with van der Waals surface area (Å²) < 4.78 is 1.84. The second kappa shape index (κ2) is 7.49. The molecule has 0 saturated carbocycles. The fourth-order valence-electron chi connectivity index (χ4n) is 2.61. The van der Waals surface area contributed by atoms with Crippen molar-refractivity contribution in [2.24, 2.45) is 4.99 Å². The van der Waals surface area contributed by atoms with Crippen LogP contribution in [0.3, 0.4) is 0 Å². The number of nitrogens with one attached hydrogen (secondary N) is 1. The third-order valence-electron chi connectivity index (χ3n) is 3.91. The second-order valence-electron chi connectivity index (χ2n) is 5.81. The van der Waals surface area contributed by atoms with Crippen LogP contribution in [0.25, 0.3) is 11.3 Å². The summed E-state index contributed by atoms with van der Waals surface area (Å²) in [5.74, 6) is 0.594. The average Bonchev–Trinajstić information content (AvgIpc) is 3.11. The van der Waals surface area contributed by atoms with Gasteiger partial charge in [-0.2, -0.15) is 0 Å². The van der Waals surface area contributed by atoms with Gasteiger partial charge in [-0.3, -0.25) is 5.43 Å². The number of hydrogen-bond donors (Lipinski definition) is 1. The van der Waals surface area contributed by atoms with Crippen molar-refractivity contribution < 1.29 is 0 Å². The number of aliphatic imine (C=N–C) groups is 1. The molecule has 3 aromatic carbocycles. The van der Waals surface area contributed by atoms with Crippen molar-refractivity contribution in [1.29, 1.82) is 0 Å². The third-order valence-corrected chi connectivity index (χ3v) is 3.91. The molecule has 0 aliphatic heterocycles. The molecule has 0 bridgehead atoms. The Balaban J connectivity index is 1.70. The smallest absolute Gasteiger partial charge is 0.249 e. The van der Waals surface area contributed by atoms with Crippen LogP contribution in [0.5, 0.6) is 0 Å². The maximum absolute atomic E-state index is 4.69. The van der Waals surface area contributed by atoms with E-state index in [1.165, 1.54) is 0 Å². The first-order chi connectivity index (χ1) is 12.9. The molecule has 0 unspecified atom stereocenters. The number of anilines is 1. The molecule has 4 aromatic rings. The molecule has 0 saturated heterocycles. The van der Waals surface area contributed by atoms with Crippen LogP contribution in [0.15, 0.2) is 102 Å². The molecule has 0 radical (unpaired) electrons. The summed E-state index contributed by atoms with van der Waals surface area (Å²) >= 11 is 0. The molecule has 4 rings (SSSR count). The van der Waals surface area contributed by atoms with E-state index in [-0.39, 0.29) is 0 Å². The van der Waals surface area contributed by atoms with Gasteiger partial charge in [-0.15, -0.1) is 0 Å². The van der Waals surface area contributed by atoms with E-state index in [4.69, 9.17) is 4.98 Å². The second-order valence-corrected chi connectivity index (χ2v) is 5.81. The van der Waals surface area contributed by atoms with E-state index in [1.54, 1.807) is 0 Å². The van der Waals surface area contributed by atoms with Gasteiger partial charge in [0.05, 0.1) is 17.6 Å². The number of rotatable bonds is 5. The zero-order valence-electron chi connectivity index (χ0n) is 14.2. The van der Waals surface area contributed by atoms with Crippen molar-refractivity contribution in [3.8, 4) is 11.3 Å². The highest BCUT2D eigenvalue weighted by Crippen LogP contribution is 2.23. The quantitative estimate of drug-likeness (QED) is 0.510. The van der Waals surface area contributed by atoms with Crippen LogP contribution in [0.2, 0.25) is 0 Å². The fourth-order valence-corrected chi connectivity index (χ4v) is 2.61. The first-order valence-corrected chi connectivity index (χ1v) is 8.44. The highest BCUT2D eigenvalue weighted by Gasteiger charge is 2.09. The minimum atomic E-state index is 0.594. The van der Waals surface area contributed by atoms with Crippen LogP contribution in [0.4, 0.5) is 11.6 Å². The van der Waals surface area contributed by atoms with Gasteiger partial charge in [0, 0.05) is 11.8 Å². The minimum Gasteiger partial charge on any atom is -0.292 e. The molecule has 0 amide bonds. The lowest BCUT2D eigenvalue weighted by Gasteiger charge is -2.07. The average molecular weight is 338 g/mol. The summed E-state index contributed by atoms with van der Waals surface area (Å²) in [7, 11) is 0. The van der Waals surface area contributed by atoms with Crippen molar-refractivity contribution in [2.45, 2.75) is 0 Å². The van der Waals surface area contributed by atoms with E-state index in [9.17, 15) is 0 Å². The molecule has 0 aliphatic carbocycles. The number of nitrogens with zero attached hydrogens (tertiary/aromatic N) is 3. The molecule has 26 heavy (non-hydrogen) atoms. The van der Waals surface area contributed by atoms with Gasteiger partial charge in [0.1, 0.15) is 0 Å². The molecule has 0 atom stereocenters. The van der Waals surface area contributed by atoms with Crippen LogP contribution < -0.4 is 5.43 Å². The number of benzene rings is 3. The van der Waals surface area contributed by atoms with E-state index in [1.807, 2.05) is 108 Å². The molecule has 4 heteroatoms. The lowest BCUT2D eigenvalue weighted by molar-refractivity contribution is 0.952. The van der Waals surface area contributed by atoms with Crippen LogP contribution >= 0.6 is 0 Å². The van der Waals surface area contributed by atoms with Gasteiger partial charge in [0.25, 0.3) is 0 Å². The molecule has 4 nitrogen and oxygen atoms in total. The Morgan fingerprint density at radius 1 is 0.769 bits per heavy atom. The number of para-hydroxylation sites is 1. The molecular weight excluding hydrogens is 320 g/mol. The SMILES string of the molecule is C(=Nc1nc(-c2ccccc2)cn1Nc1ccccc1)c1ccccc1. The molecule has 0 spiro atoms. The largest absolute Gasteiger partial charge is 0.292 e. The molecule has 0 fully saturated rings. The van der Waals surface area contributed by atoms with Gasteiger partial charge in [-0.1, -0.05) is 78.9 Å². The Hall–Kier alpha value is -3.66. The van der Waals surface area contributed by atoms with E-state index in [0.29, 0.717) is 5.95 Å². The van der Waals surface area contributed by atoms with E-state index >= 15 is 0 Å². The molecule has 1 heterocycles. The van der Waals surface area contributed by atoms with E-state index in [0.717, 1.165) is 22.5 Å². The Labute approximate surface area is 152 Å². The maximum Gasteiger partial charge on any atom is 0.249 e. The van der Waals surface area contributed by atoms with Crippen molar-refractivity contribution in [2.75, 3.05) is 5.43 Å². The van der Waals surface area contributed by atoms with Crippen molar-refractivity contribution in [1.82, 2.24) is 9.66 Å². The van der Waals surface area contributed by atoms with E-state index in [2.05, 4.69) is 10.4 Å². The number of aromatic nitrogens is 2. The lowest BCUT2D eigenvalue weighted by Crippen LogP contribution is -2.06. The summed E-state index contributed by atoms with van der Waals surface area (Å²) in [6.45, 7) is 0. The molecule has 1 aromatic heterocycles. The van der Waals surface area contributed by atoms with Gasteiger partial charge in [0.15, 0.2) is 0 Å². The summed E-state index contributed by atoms with van der Waals surface area (Å²) in [4.78, 5) is 9.28. The Morgan fingerprint density at radius 3 is 2.08 bits per heavy atom. The topological polar surface area (TPSA) is 42.2 Å². The molecule has 0 aliphatic rings. The molecular formula is C22H18N4. The van der Waals surface area contributed by atoms with Gasteiger partial charge >= 0.3 is 0 Å².